The number of thiazole rings is 1. The van der Waals surface area contributed by atoms with Crippen LogP contribution in [-0.4, -0.2) is 32.2 Å². The van der Waals surface area contributed by atoms with Gasteiger partial charge in [-0.05, 0) is 32.0 Å². The van der Waals surface area contributed by atoms with Gasteiger partial charge >= 0.3 is 0 Å². The third-order valence-electron chi connectivity index (χ3n) is 4.24. The molecular weight excluding hydrogens is 406 g/mol. The summed E-state index contributed by atoms with van der Waals surface area (Å²) in [6, 6.07) is 13.0. The number of para-hydroxylation sites is 1. The van der Waals surface area contributed by atoms with E-state index in [9.17, 15) is 14.9 Å². The number of ether oxygens (including phenoxy) is 1. The number of hydrogen-bond acceptors (Lipinski definition) is 7. The SMILES string of the molecule is CCOc1cccc2sc(-n3nc(C)cc3NC(=O)c3cccc([N+](=O)[O-])c3)nc12. The van der Waals surface area contributed by atoms with E-state index < -0.39 is 10.8 Å². The van der Waals surface area contributed by atoms with Crippen LogP contribution in [0.2, 0.25) is 0 Å². The average Bonchev–Trinajstić information content (AvgIpc) is 3.32. The van der Waals surface area contributed by atoms with Crippen LogP contribution in [0.15, 0.2) is 48.5 Å². The molecular formula is C20H17N5O4S. The van der Waals surface area contributed by atoms with Gasteiger partial charge < -0.3 is 10.1 Å². The van der Waals surface area contributed by atoms with Crippen molar-refractivity contribution >= 4 is 39.0 Å². The van der Waals surface area contributed by atoms with Crippen molar-refractivity contribution in [1.82, 2.24) is 14.8 Å². The molecule has 0 atom stereocenters. The van der Waals surface area contributed by atoms with Crippen molar-refractivity contribution in [2.24, 2.45) is 0 Å². The van der Waals surface area contributed by atoms with Gasteiger partial charge in [-0.3, -0.25) is 14.9 Å². The largest absolute Gasteiger partial charge is 0.492 e. The van der Waals surface area contributed by atoms with Crippen LogP contribution in [0.3, 0.4) is 0 Å². The third-order valence-corrected chi connectivity index (χ3v) is 5.24. The van der Waals surface area contributed by atoms with E-state index in [0.717, 1.165) is 10.2 Å². The second kappa shape index (κ2) is 7.91. The molecule has 0 aliphatic carbocycles. The van der Waals surface area contributed by atoms with Gasteiger partial charge in [0.25, 0.3) is 11.6 Å². The fourth-order valence-corrected chi connectivity index (χ4v) is 3.91. The standard InChI is InChI=1S/C20H17N5O4S/c1-3-29-15-8-5-9-16-18(15)22-20(30-16)24-17(10-12(2)23-24)21-19(26)13-6-4-7-14(11-13)25(27)28/h4-11H,3H2,1-2H3,(H,21,26). The minimum Gasteiger partial charge on any atom is -0.492 e. The Morgan fingerprint density at radius 1 is 1.27 bits per heavy atom. The summed E-state index contributed by atoms with van der Waals surface area (Å²) in [5.41, 5.74) is 1.44. The topological polar surface area (TPSA) is 112 Å². The fourth-order valence-electron chi connectivity index (χ4n) is 2.96. The van der Waals surface area contributed by atoms with Crippen LogP contribution < -0.4 is 10.1 Å². The van der Waals surface area contributed by atoms with E-state index in [-0.39, 0.29) is 11.3 Å². The predicted octanol–water partition coefficient (Wildman–Crippen LogP) is 4.35. The number of aryl methyl sites for hydroxylation is 1. The number of non-ortho nitro benzene ring substituents is 1. The molecule has 1 amide bonds. The summed E-state index contributed by atoms with van der Waals surface area (Å²) in [5, 5.41) is 18.8. The molecule has 0 radical (unpaired) electrons. The third kappa shape index (κ3) is 3.72. The van der Waals surface area contributed by atoms with Crippen LogP contribution in [0, 0.1) is 17.0 Å². The van der Waals surface area contributed by atoms with Crippen molar-refractivity contribution in [3.63, 3.8) is 0 Å². The zero-order valence-electron chi connectivity index (χ0n) is 16.2. The molecule has 10 heteroatoms. The molecule has 0 saturated heterocycles. The van der Waals surface area contributed by atoms with E-state index >= 15 is 0 Å². The van der Waals surface area contributed by atoms with Crippen LogP contribution in [-0.2, 0) is 0 Å². The monoisotopic (exact) mass is 423 g/mol. The van der Waals surface area contributed by atoms with E-state index in [2.05, 4.69) is 15.4 Å². The molecule has 0 aliphatic heterocycles. The summed E-state index contributed by atoms with van der Waals surface area (Å²) in [6.45, 7) is 4.24. The van der Waals surface area contributed by atoms with Gasteiger partial charge in [-0.15, -0.1) is 0 Å². The lowest BCUT2D eigenvalue weighted by Crippen LogP contribution is -2.15. The molecule has 9 nitrogen and oxygen atoms in total. The quantitative estimate of drug-likeness (QED) is 0.364. The van der Waals surface area contributed by atoms with Crippen LogP contribution in [0.1, 0.15) is 23.0 Å². The molecule has 0 spiro atoms. The second-order valence-corrected chi connectivity index (χ2v) is 7.39. The summed E-state index contributed by atoms with van der Waals surface area (Å²) >= 11 is 1.42. The number of aromatic nitrogens is 3. The zero-order chi connectivity index (χ0) is 21.3. The number of nitrogens with zero attached hydrogens (tertiary/aromatic N) is 4. The second-order valence-electron chi connectivity index (χ2n) is 6.38. The van der Waals surface area contributed by atoms with Crippen molar-refractivity contribution in [2.45, 2.75) is 13.8 Å². The number of nitrogens with one attached hydrogen (secondary N) is 1. The summed E-state index contributed by atoms with van der Waals surface area (Å²) in [5.74, 6) is 0.626. The number of anilines is 1. The Morgan fingerprint density at radius 3 is 2.83 bits per heavy atom. The number of nitro benzene ring substituents is 1. The van der Waals surface area contributed by atoms with Crippen LogP contribution in [0.5, 0.6) is 5.75 Å². The highest BCUT2D eigenvalue weighted by atomic mass is 32.1. The van der Waals surface area contributed by atoms with Gasteiger partial charge in [0.2, 0.25) is 5.13 Å². The molecule has 2 aromatic heterocycles. The fraction of sp³-hybridized carbons (Fsp3) is 0.150. The number of carbonyl (C=O) groups is 1. The molecule has 0 aliphatic rings. The predicted molar refractivity (Wildman–Crippen MR) is 114 cm³/mol. The first-order valence-electron chi connectivity index (χ1n) is 9.11. The Bertz CT molecular complexity index is 1260. The van der Waals surface area contributed by atoms with E-state index in [0.29, 0.717) is 29.0 Å². The maximum atomic E-state index is 12.7. The van der Waals surface area contributed by atoms with E-state index in [1.165, 1.54) is 35.6 Å². The van der Waals surface area contributed by atoms with Crippen LogP contribution >= 0.6 is 11.3 Å². The number of fused-ring (bicyclic) bond motifs is 1. The van der Waals surface area contributed by atoms with Crippen LogP contribution in [0.4, 0.5) is 11.5 Å². The van der Waals surface area contributed by atoms with Gasteiger partial charge in [-0.1, -0.05) is 23.5 Å². The molecule has 30 heavy (non-hydrogen) atoms. The molecule has 0 unspecified atom stereocenters. The van der Waals surface area contributed by atoms with E-state index in [1.807, 2.05) is 25.1 Å². The highest BCUT2D eigenvalue weighted by molar-refractivity contribution is 7.20. The number of nitro groups is 1. The minimum absolute atomic E-state index is 0.151. The van der Waals surface area contributed by atoms with Gasteiger partial charge in [0.05, 0.1) is 21.9 Å². The Balaban J connectivity index is 1.69. The van der Waals surface area contributed by atoms with Gasteiger partial charge in [0, 0.05) is 23.8 Å². The number of rotatable bonds is 6. The Hall–Kier alpha value is -3.79. The van der Waals surface area contributed by atoms with Crippen molar-refractivity contribution in [3.05, 3.63) is 69.9 Å². The maximum absolute atomic E-state index is 12.7. The van der Waals surface area contributed by atoms with Gasteiger partial charge in [0.15, 0.2) is 0 Å². The smallest absolute Gasteiger partial charge is 0.270 e. The number of amides is 1. The summed E-state index contributed by atoms with van der Waals surface area (Å²) in [6.07, 6.45) is 0. The molecule has 4 rings (SSSR count). The van der Waals surface area contributed by atoms with E-state index in [1.54, 1.807) is 17.7 Å². The lowest BCUT2D eigenvalue weighted by atomic mass is 10.2. The van der Waals surface area contributed by atoms with Gasteiger partial charge in [0.1, 0.15) is 17.1 Å². The summed E-state index contributed by atoms with van der Waals surface area (Å²) in [7, 11) is 0. The molecule has 4 aromatic rings. The van der Waals surface area contributed by atoms with Crippen LogP contribution in [0.25, 0.3) is 15.3 Å². The lowest BCUT2D eigenvalue weighted by Gasteiger charge is -2.06. The summed E-state index contributed by atoms with van der Waals surface area (Å²) in [4.78, 5) is 27.8. The first-order valence-corrected chi connectivity index (χ1v) is 9.93. The number of carbonyl (C=O) groups excluding carboxylic acids is 1. The minimum atomic E-state index is -0.539. The highest BCUT2D eigenvalue weighted by Crippen LogP contribution is 2.32. The molecule has 0 fully saturated rings. The number of hydrogen-bond donors (Lipinski definition) is 1. The molecule has 2 aromatic carbocycles. The number of benzene rings is 2. The Morgan fingerprint density at radius 2 is 2.07 bits per heavy atom. The maximum Gasteiger partial charge on any atom is 0.270 e. The average molecular weight is 423 g/mol. The van der Waals surface area contributed by atoms with Crippen molar-refractivity contribution in [3.8, 4) is 10.9 Å². The molecule has 152 valence electrons. The van der Waals surface area contributed by atoms with Crippen molar-refractivity contribution in [2.75, 3.05) is 11.9 Å². The Kier molecular flexibility index (Phi) is 5.15. The first kappa shape index (κ1) is 19.5. The first-order chi connectivity index (χ1) is 14.5. The molecule has 0 bridgehead atoms. The van der Waals surface area contributed by atoms with Gasteiger partial charge in [-0.25, -0.2) is 4.98 Å². The molecule has 1 N–H and O–H groups in total. The zero-order valence-corrected chi connectivity index (χ0v) is 17.0. The lowest BCUT2D eigenvalue weighted by molar-refractivity contribution is -0.384. The normalized spacial score (nSPS) is 10.9. The van der Waals surface area contributed by atoms with Crippen molar-refractivity contribution in [1.29, 1.82) is 0 Å². The summed E-state index contributed by atoms with van der Waals surface area (Å²) < 4.78 is 8.12. The van der Waals surface area contributed by atoms with E-state index in [4.69, 9.17) is 4.74 Å². The van der Waals surface area contributed by atoms with Gasteiger partial charge in [-0.2, -0.15) is 9.78 Å². The Labute approximate surface area is 175 Å². The molecule has 0 saturated carbocycles. The highest BCUT2D eigenvalue weighted by Gasteiger charge is 2.18. The molecule has 2 heterocycles. The van der Waals surface area contributed by atoms with Crippen molar-refractivity contribution < 1.29 is 14.5 Å².